The molecule has 0 spiro atoms. The van der Waals surface area contributed by atoms with Crippen molar-refractivity contribution in [3.05, 3.63) is 35.1 Å². The molecular weight excluding hydrogens is 282 g/mol. The van der Waals surface area contributed by atoms with Gasteiger partial charge in [-0.05, 0) is 15.9 Å². The summed E-state index contributed by atoms with van der Waals surface area (Å²) in [5.74, 6) is 1.07. The molecule has 0 unspecified atom stereocenters. The van der Waals surface area contributed by atoms with Crippen molar-refractivity contribution in [3.8, 4) is 0 Å². The van der Waals surface area contributed by atoms with Gasteiger partial charge in [-0.3, -0.25) is 4.98 Å². The maximum atomic E-state index is 5.99. The van der Waals surface area contributed by atoms with Gasteiger partial charge in [-0.15, -0.1) is 0 Å². The van der Waals surface area contributed by atoms with Crippen LogP contribution in [-0.4, -0.2) is 21.1 Å². The highest BCUT2D eigenvalue weighted by Gasteiger charge is 2.20. The lowest BCUT2D eigenvalue weighted by atomic mass is 10.2. The lowest BCUT2D eigenvalue weighted by molar-refractivity contribution is 0.560. The Kier molecular flexibility index (Phi) is 2.51. The molecule has 0 aliphatic carbocycles. The summed E-state index contributed by atoms with van der Waals surface area (Å²) in [6, 6.07) is 0. The zero-order valence-corrected chi connectivity index (χ0v) is 10.8. The molecule has 0 saturated carbocycles. The third-order valence-electron chi connectivity index (χ3n) is 2.96. The number of halogens is 1. The average Bonchev–Trinajstić information content (AvgIpc) is 2.76. The number of nitrogens with zero attached hydrogens (tertiary/aromatic N) is 4. The van der Waals surface area contributed by atoms with Crippen LogP contribution in [0.3, 0.4) is 0 Å². The van der Waals surface area contributed by atoms with Gasteiger partial charge < -0.3 is 15.2 Å². The minimum atomic E-state index is 0.694. The molecule has 17 heavy (non-hydrogen) atoms. The Morgan fingerprint density at radius 3 is 3.00 bits per heavy atom. The fourth-order valence-electron chi connectivity index (χ4n) is 2.14. The van der Waals surface area contributed by atoms with Gasteiger partial charge in [-0.2, -0.15) is 0 Å². The highest BCUT2D eigenvalue weighted by Crippen LogP contribution is 2.33. The van der Waals surface area contributed by atoms with E-state index in [9.17, 15) is 0 Å². The molecule has 0 bridgehead atoms. The average molecular weight is 294 g/mol. The molecule has 88 valence electrons. The number of anilines is 2. The zero-order chi connectivity index (χ0) is 11.8. The van der Waals surface area contributed by atoms with Gasteiger partial charge in [0, 0.05) is 31.7 Å². The molecule has 3 rings (SSSR count). The third-order valence-corrected chi connectivity index (χ3v) is 3.54. The first-order chi connectivity index (χ1) is 8.25. The van der Waals surface area contributed by atoms with Crippen LogP contribution in [0.15, 0.2) is 29.3 Å². The minimum absolute atomic E-state index is 0.694. The van der Waals surface area contributed by atoms with Gasteiger partial charge >= 0.3 is 0 Å². The molecule has 3 heterocycles. The molecule has 2 aromatic rings. The second kappa shape index (κ2) is 4.03. The van der Waals surface area contributed by atoms with Crippen LogP contribution in [0.4, 0.5) is 11.4 Å². The Bertz CT molecular complexity index is 530. The molecule has 0 radical (unpaired) electrons. The predicted octanol–water partition coefficient (Wildman–Crippen LogP) is 1.64. The summed E-state index contributed by atoms with van der Waals surface area (Å²) in [7, 11) is 0. The number of nitrogens with two attached hydrogens (primary N) is 1. The highest BCUT2D eigenvalue weighted by molar-refractivity contribution is 9.10. The largest absolute Gasteiger partial charge is 0.396 e. The maximum Gasteiger partial charge on any atom is 0.128 e. The number of pyridine rings is 1. The molecular formula is C11H12BrN5. The van der Waals surface area contributed by atoms with Crippen molar-refractivity contribution < 1.29 is 0 Å². The van der Waals surface area contributed by atoms with Gasteiger partial charge in [-0.1, -0.05) is 0 Å². The molecule has 0 fully saturated rings. The first kappa shape index (κ1) is 10.6. The molecule has 6 heteroatoms. The summed E-state index contributed by atoms with van der Waals surface area (Å²) in [6.45, 7) is 2.64. The van der Waals surface area contributed by atoms with Gasteiger partial charge in [-0.25, -0.2) is 4.98 Å². The van der Waals surface area contributed by atoms with E-state index in [1.165, 1.54) is 0 Å². The van der Waals surface area contributed by atoms with Crippen LogP contribution in [0.25, 0.3) is 0 Å². The van der Waals surface area contributed by atoms with Crippen LogP contribution >= 0.6 is 15.9 Å². The van der Waals surface area contributed by atoms with Crippen molar-refractivity contribution in [3.63, 3.8) is 0 Å². The van der Waals surface area contributed by atoms with Crippen LogP contribution in [0.5, 0.6) is 0 Å². The van der Waals surface area contributed by atoms with Crippen LogP contribution in [0.2, 0.25) is 0 Å². The lowest BCUT2D eigenvalue weighted by Gasteiger charge is -2.31. The van der Waals surface area contributed by atoms with Gasteiger partial charge in [0.2, 0.25) is 0 Å². The summed E-state index contributed by atoms with van der Waals surface area (Å²) in [5, 5.41) is 0. The second-order valence-corrected chi connectivity index (χ2v) is 4.87. The summed E-state index contributed by atoms with van der Waals surface area (Å²) in [4.78, 5) is 10.6. The van der Waals surface area contributed by atoms with Gasteiger partial charge in [0.05, 0.1) is 28.6 Å². The second-order valence-electron chi connectivity index (χ2n) is 4.02. The normalized spacial score (nSPS) is 14.8. The number of rotatable bonds is 1. The Balaban J connectivity index is 1.97. The summed E-state index contributed by atoms with van der Waals surface area (Å²) >= 11 is 3.50. The Morgan fingerprint density at radius 1 is 1.29 bits per heavy atom. The topological polar surface area (TPSA) is 60.0 Å². The van der Waals surface area contributed by atoms with Crippen LogP contribution in [-0.2, 0) is 13.1 Å². The maximum absolute atomic E-state index is 5.99. The highest BCUT2D eigenvalue weighted by atomic mass is 79.9. The zero-order valence-electron chi connectivity index (χ0n) is 9.17. The summed E-state index contributed by atoms with van der Waals surface area (Å²) in [6.07, 6.45) is 7.30. The number of hydrogen-bond acceptors (Lipinski definition) is 4. The molecule has 0 aromatic carbocycles. The van der Waals surface area contributed by atoms with Crippen molar-refractivity contribution in [2.24, 2.45) is 0 Å². The van der Waals surface area contributed by atoms with Gasteiger partial charge in [0.25, 0.3) is 0 Å². The van der Waals surface area contributed by atoms with E-state index < -0.39 is 0 Å². The monoisotopic (exact) mass is 293 g/mol. The van der Waals surface area contributed by atoms with Crippen LogP contribution in [0, 0.1) is 0 Å². The van der Waals surface area contributed by atoms with Crippen molar-refractivity contribution >= 4 is 27.3 Å². The van der Waals surface area contributed by atoms with Crippen molar-refractivity contribution in [1.82, 2.24) is 14.5 Å². The number of hydrogen-bond donors (Lipinski definition) is 1. The quantitative estimate of drug-likeness (QED) is 0.868. The Morgan fingerprint density at radius 2 is 2.18 bits per heavy atom. The lowest BCUT2D eigenvalue weighted by Crippen LogP contribution is -2.34. The summed E-state index contributed by atoms with van der Waals surface area (Å²) < 4.78 is 3.10. The molecule has 5 nitrogen and oxygen atoms in total. The molecule has 0 saturated heterocycles. The van der Waals surface area contributed by atoms with E-state index in [1.54, 1.807) is 12.4 Å². The Hall–Kier alpha value is -1.56. The fraction of sp³-hybridized carbons (Fsp3) is 0.273. The molecule has 0 atom stereocenters. The predicted molar refractivity (Wildman–Crippen MR) is 69.6 cm³/mol. The number of imidazole rings is 1. The Labute approximate surface area is 107 Å². The molecule has 2 N–H and O–H groups in total. The van der Waals surface area contributed by atoms with Gasteiger partial charge in [0.15, 0.2) is 0 Å². The van der Waals surface area contributed by atoms with Crippen LogP contribution < -0.4 is 10.6 Å². The first-order valence-electron chi connectivity index (χ1n) is 5.39. The third kappa shape index (κ3) is 1.78. The number of aromatic nitrogens is 3. The van der Waals surface area contributed by atoms with Crippen molar-refractivity contribution in [2.45, 2.75) is 13.1 Å². The fourth-order valence-corrected chi connectivity index (χ4v) is 2.74. The van der Waals surface area contributed by atoms with Crippen LogP contribution in [0.1, 0.15) is 5.82 Å². The molecule has 1 aliphatic rings. The molecule has 2 aromatic heterocycles. The van der Waals surface area contributed by atoms with Crippen molar-refractivity contribution in [1.29, 1.82) is 0 Å². The van der Waals surface area contributed by atoms with E-state index >= 15 is 0 Å². The van der Waals surface area contributed by atoms with E-state index in [0.717, 1.165) is 35.6 Å². The van der Waals surface area contributed by atoms with E-state index in [2.05, 4.69) is 35.4 Å². The van der Waals surface area contributed by atoms with E-state index in [0.29, 0.717) is 5.69 Å². The van der Waals surface area contributed by atoms with E-state index in [1.807, 2.05) is 12.4 Å². The SMILES string of the molecule is Nc1cncc(Br)c1N1CCn2ccnc2C1. The number of fused-ring (bicyclic) bond motifs is 1. The first-order valence-corrected chi connectivity index (χ1v) is 6.19. The standard InChI is InChI=1S/C11H12BrN5/c12-8-5-14-6-9(13)11(8)17-4-3-16-2-1-15-10(16)7-17/h1-2,5-6H,3-4,7,13H2. The molecule has 1 aliphatic heterocycles. The van der Waals surface area contributed by atoms with E-state index in [4.69, 9.17) is 5.73 Å². The van der Waals surface area contributed by atoms with E-state index in [-0.39, 0.29) is 0 Å². The minimum Gasteiger partial charge on any atom is -0.396 e. The van der Waals surface area contributed by atoms with Crippen molar-refractivity contribution in [2.75, 3.05) is 17.2 Å². The van der Waals surface area contributed by atoms with Gasteiger partial charge in [0.1, 0.15) is 5.82 Å². The smallest absolute Gasteiger partial charge is 0.128 e. The summed E-state index contributed by atoms with van der Waals surface area (Å²) in [5.41, 5.74) is 7.69. The molecule has 0 amide bonds. The number of nitrogen functional groups attached to an aromatic ring is 1.